The Hall–Kier alpha value is -1.91. The third-order valence-corrected chi connectivity index (χ3v) is 3.96. The Kier molecular flexibility index (Phi) is 6.76. The molecule has 0 aliphatic carbocycles. The molecule has 0 amide bonds. The summed E-state index contributed by atoms with van der Waals surface area (Å²) in [5.74, 6) is 2.20. The molecule has 2 aromatic carbocycles. The van der Waals surface area contributed by atoms with E-state index in [9.17, 15) is 0 Å². The van der Waals surface area contributed by atoms with Crippen LogP contribution in [0.4, 0.5) is 0 Å². The second-order valence-corrected chi connectivity index (χ2v) is 6.05. The second-order valence-electron chi connectivity index (χ2n) is 5.65. The number of benzene rings is 2. The molecule has 0 aliphatic heterocycles. The van der Waals surface area contributed by atoms with Crippen molar-refractivity contribution in [3.8, 4) is 17.2 Å². The Morgan fingerprint density at radius 3 is 2.17 bits per heavy atom. The summed E-state index contributed by atoms with van der Waals surface area (Å²) in [7, 11) is 3.21. The number of ether oxygens (including phenoxy) is 3. The van der Waals surface area contributed by atoms with E-state index in [1.54, 1.807) is 20.3 Å². The van der Waals surface area contributed by atoms with Crippen molar-refractivity contribution in [1.29, 1.82) is 0 Å². The molecule has 0 unspecified atom stereocenters. The molecule has 0 aliphatic rings. The normalized spacial score (nSPS) is 10.5. The first-order valence-electron chi connectivity index (χ1n) is 7.85. The summed E-state index contributed by atoms with van der Waals surface area (Å²) in [4.78, 5) is 0. The Balaban J connectivity index is 1.84. The molecule has 0 saturated heterocycles. The van der Waals surface area contributed by atoms with Gasteiger partial charge in [0.1, 0.15) is 12.4 Å². The van der Waals surface area contributed by atoms with Crippen molar-refractivity contribution in [3.05, 3.63) is 52.0 Å². The van der Waals surface area contributed by atoms with Crippen LogP contribution in [0.1, 0.15) is 16.7 Å². The molecule has 130 valence electrons. The first kappa shape index (κ1) is 18.4. The van der Waals surface area contributed by atoms with Crippen LogP contribution in [0.3, 0.4) is 0 Å². The fourth-order valence-electron chi connectivity index (χ4n) is 2.51. The standard InChI is InChI=1S/C19H24ClNO3/c1-13-7-14(2)9-16(8-13)24-6-5-21-12-15-10-18(22-3)19(23-4)11-17(15)20/h7-11,21H,5-6,12H2,1-4H3. The van der Waals surface area contributed by atoms with Crippen LogP contribution in [0.15, 0.2) is 30.3 Å². The maximum absolute atomic E-state index is 6.27. The van der Waals surface area contributed by atoms with Crippen LogP contribution < -0.4 is 19.5 Å². The Morgan fingerprint density at radius 2 is 1.54 bits per heavy atom. The van der Waals surface area contributed by atoms with Gasteiger partial charge in [0, 0.05) is 24.2 Å². The van der Waals surface area contributed by atoms with Crippen molar-refractivity contribution in [3.63, 3.8) is 0 Å². The monoisotopic (exact) mass is 349 g/mol. The van der Waals surface area contributed by atoms with Gasteiger partial charge < -0.3 is 19.5 Å². The highest BCUT2D eigenvalue weighted by molar-refractivity contribution is 6.31. The zero-order valence-corrected chi connectivity index (χ0v) is 15.4. The second kappa shape index (κ2) is 8.81. The summed E-state index contributed by atoms with van der Waals surface area (Å²) in [6.45, 7) is 6.08. The summed E-state index contributed by atoms with van der Waals surface area (Å²) in [5.41, 5.74) is 3.37. The molecule has 0 bridgehead atoms. The van der Waals surface area contributed by atoms with E-state index in [1.807, 2.05) is 18.2 Å². The smallest absolute Gasteiger partial charge is 0.162 e. The van der Waals surface area contributed by atoms with Gasteiger partial charge in [-0.3, -0.25) is 0 Å². The minimum atomic E-state index is 0.591. The third-order valence-electron chi connectivity index (χ3n) is 3.61. The molecule has 1 N–H and O–H groups in total. The van der Waals surface area contributed by atoms with Gasteiger partial charge in [0.2, 0.25) is 0 Å². The zero-order chi connectivity index (χ0) is 17.5. The van der Waals surface area contributed by atoms with Crippen LogP contribution in [0.2, 0.25) is 5.02 Å². The van der Waals surface area contributed by atoms with Crippen LogP contribution in [-0.4, -0.2) is 27.4 Å². The molecule has 0 atom stereocenters. The van der Waals surface area contributed by atoms with Gasteiger partial charge in [-0.25, -0.2) is 0 Å². The van der Waals surface area contributed by atoms with Crippen molar-refractivity contribution in [2.75, 3.05) is 27.4 Å². The molecule has 0 heterocycles. The first-order chi connectivity index (χ1) is 11.5. The van der Waals surface area contributed by atoms with Crippen molar-refractivity contribution < 1.29 is 14.2 Å². The SMILES string of the molecule is COc1cc(Cl)c(CNCCOc2cc(C)cc(C)c2)cc1OC. The molecule has 4 nitrogen and oxygen atoms in total. The van der Waals surface area contributed by atoms with E-state index in [1.165, 1.54) is 11.1 Å². The van der Waals surface area contributed by atoms with Crippen molar-refractivity contribution in [1.82, 2.24) is 5.32 Å². The maximum atomic E-state index is 6.27. The summed E-state index contributed by atoms with van der Waals surface area (Å²) in [6, 6.07) is 9.86. The fourth-order valence-corrected chi connectivity index (χ4v) is 2.73. The van der Waals surface area contributed by atoms with E-state index >= 15 is 0 Å². The van der Waals surface area contributed by atoms with Gasteiger partial charge in [-0.1, -0.05) is 17.7 Å². The summed E-state index contributed by atoms with van der Waals surface area (Å²) >= 11 is 6.27. The van der Waals surface area contributed by atoms with Gasteiger partial charge in [-0.2, -0.15) is 0 Å². The Morgan fingerprint density at radius 1 is 0.917 bits per heavy atom. The number of aryl methyl sites for hydroxylation is 2. The van der Waals surface area contributed by atoms with Crippen LogP contribution >= 0.6 is 11.6 Å². The zero-order valence-electron chi connectivity index (χ0n) is 14.6. The first-order valence-corrected chi connectivity index (χ1v) is 8.23. The molecular weight excluding hydrogens is 326 g/mol. The van der Waals surface area contributed by atoms with Gasteiger partial charge >= 0.3 is 0 Å². The highest BCUT2D eigenvalue weighted by atomic mass is 35.5. The minimum absolute atomic E-state index is 0.591. The van der Waals surface area contributed by atoms with Gasteiger partial charge in [0.25, 0.3) is 0 Å². The quantitative estimate of drug-likeness (QED) is 0.727. The van der Waals surface area contributed by atoms with Crippen molar-refractivity contribution in [2.45, 2.75) is 20.4 Å². The molecule has 24 heavy (non-hydrogen) atoms. The van der Waals surface area contributed by atoms with E-state index in [0.29, 0.717) is 29.7 Å². The molecule has 0 saturated carbocycles. The van der Waals surface area contributed by atoms with Gasteiger partial charge in [0.15, 0.2) is 11.5 Å². The molecule has 0 aromatic heterocycles. The number of hydrogen-bond donors (Lipinski definition) is 1. The van der Waals surface area contributed by atoms with Crippen molar-refractivity contribution in [2.24, 2.45) is 0 Å². The number of hydrogen-bond acceptors (Lipinski definition) is 4. The number of methoxy groups -OCH3 is 2. The highest BCUT2D eigenvalue weighted by Gasteiger charge is 2.09. The largest absolute Gasteiger partial charge is 0.493 e. The number of nitrogens with one attached hydrogen (secondary N) is 1. The lowest BCUT2D eigenvalue weighted by molar-refractivity contribution is 0.313. The lowest BCUT2D eigenvalue weighted by atomic mass is 10.1. The molecule has 0 spiro atoms. The molecule has 5 heteroatoms. The van der Waals surface area contributed by atoms with Crippen LogP contribution in [0.5, 0.6) is 17.2 Å². The third kappa shape index (κ3) is 5.05. The number of rotatable bonds is 8. The van der Waals surface area contributed by atoms with Gasteiger partial charge in [-0.05, 0) is 48.7 Å². The predicted octanol–water partition coefficient (Wildman–Crippen LogP) is 4.14. The summed E-state index contributed by atoms with van der Waals surface area (Å²) in [6.07, 6.45) is 0. The summed E-state index contributed by atoms with van der Waals surface area (Å²) < 4.78 is 16.3. The van der Waals surface area contributed by atoms with Gasteiger partial charge in [-0.15, -0.1) is 0 Å². The average molecular weight is 350 g/mol. The predicted molar refractivity (Wildman–Crippen MR) is 97.7 cm³/mol. The lowest BCUT2D eigenvalue weighted by Gasteiger charge is -2.13. The summed E-state index contributed by atoms with van der Waals surface area (Å²) in [5, 5.41) is 3.97. The molecule has 2 aromatic rings. The van der Waals surface area contributed by atoms with E-state index in [0.717, 1.165) is 17.9 Å². The molecule has 2 rings (SSSR count). The Labute approximate surface area is 148 Å². The van der Waals surface area contributed by atoms with E-state index in [-0.39, 0.29) is 0 Å². The van der Waals surface area contributed by atoms with E-state index < -0.39 is 0 Å². The topological polar surface area (TPSA) is 39.7 Å². The highest BCUT2D eigenvalue weighted by Crippen LogP contribution is 2.32. The van der Waals surface area contributed by atoms with Crippen LogP contribution in [0.25, 0.3) is 0 Å². The average Bonchev–Trinajstić information content (AvgIpc) is 2.54. The molecular formula is C19H24ClNO3. The lowest BCUT2D eigenvalue weighted by Crippen LogP contribution is -2.20. The van der Waals surface area contributed by atoms with E-state index in [4.69, 9.17) is 25.8 Å². The Bertz CT molecular complexity index is 668. The maximum Gasteiger partial charge on any atom is 0.162 e. The van der Waals surface area contributed by atoms with Crippen molar-refractivity contribution >= 4 is 11.6 Å². The molecule has 0 fully saturated rings. The number of halogens is 1. The molecule has 0 radical (unpaired) electrons. The van der Waals surface area contributed by atoms with Crippen LogP contribution in [-0.2, 0) is 6.54 Å². The van der Waals surface area contributed by atoms with Gasteiger partial charge in [0.05, 0.1) is 14.2 Å². The van der Waals surface area contributed by atoms with Crippen LogP contribution in [0, 0.1) is 13.8 Å². The fraction of sp³-hybridized carbons (Fsp3) is 0.368. The minimum Gasteiger partial charge on any atom is -0.493 e. The van der Waals surface area contributed by atoms with E-state index in [2.05, 4.69) is 25.2 Å².